The van der Waals surface area contributed by atoms with E-state index < -0.39 is 11.8 Å². The van der Waals surface area contributed by atoms with E-state index in [2.05, 4.69) is 30.4 Å². The summed E-state index contributed by atoms with van der Waals surface area (Å²) in [4.78, 5) is 22.9. The number of unbranched alkanes of at least 4 members (excludes halogenated alkanes) is 1. The number of nitrogens with two attached hydrogens (primary N) is 1. The van der Waals surface area contributed by atoms with Crippen molar-refractivity contribution in [3.8, 4) is 11.4 Å². The van der Waals surface area contributed by atoms with Gasteiger partial charge in [-0.1, -0.05) is 57.4 Å². The van der Waals surface area contributed by atoms with E-state index in [-0.39, 0.29) is 51.7 Å². The summed E-state index contributed by atoms with van der Waals surface area (Å²) in [6.07, 6.45) is 5.44. The molecule has 0 radical (unpaired) electrons. The number of esters is 1. The molecule has 0 spiro atoms. The Morgan fingerprint density at radius 1 is 1.35 bits per heavy atom. The number of benzene rings is 1. The topological polar surface area (TPSA) is 81.3 Å². The number of aromatic nitrogens is 2. The van der Waals surface area contributed by atoms with Gasteiger partial charge in [-0.2, -0.15) is 0 Å². The van der Waals surface area contributed by atoms with Crippen LogP contribution >= 0.6 is 11.6 Å². The van der Waals surface area contributed by atoms with Gasteiger partial charge in [-0.05, 0) is 24.5 Å². The quantitative estimate of drug-likeness (QED) is 0.476. The van der Waals surface area contributed by atoms with E-state index in [9.17, 15) is 4.79 Å². The predicted molar refractivity (Wildman–Crippen MR) is 125 cm³/mol. The molecular formula is C23H30ClFN4O2. The predicted octanol–water partition coefficient (Wildman–Crippen LogP) is 5.60. The Morgan fingerprint density at radius 3 is 2.65 bits per heavy atom. The third-order valence-corrected chi connectivity index (χ3v) is 5.43. The van der Waals surface area contributed by atoms with Crippen molar-refractivity contribution in [2.45, 2.75) is 39.5 Å². The Kier molecular flexibility index (Phi) is 8.80. The lowest BCUT2D eigenvalue weighted by Crippen LogP contribution is -2.18. The molecule has 1 aromatic carbocycles. The van der Waals surface area contributed by atoms with E-state index in [1.165, 1.54) is 12.1 Å². The SMILES string of the molecule is C=Cc1c(N)nc(-c2ccc(Cl)c(N(C)C)c2F)nc1C(=O)OCC(CC)CCCC. The van der Waals surface area contributed by atoms with Crippen LogP contribution in [0, 0.1) is 11.7 Å². The highest BCUT2D eigenvalue weighted by molar-refractivity contribution is 6.33. The van der Waals surface area contributed by atoms with Crippen LogP contribution < -0.4 is 10.6 Å². The minimum Gasteiger partial charge on any atom is -0.461 e. The Morgan fingerprint density at radius 2 is 2.06 bits per heavy atom. The van der Waals surface area contributed by atoms with Crippen LogP contribution in [0.1, 0.15) is 55.6 Å². The average Bonchev–Trinajstić information content (AvgIpc) is 2.73. The third-order valence-electron chi connectivity index (χ3n) is 5.12. The van der Waals surface area contributed by atoms with Crippen LogP contribution in [0.2, 0.25) is 5.02 Å². The van der Waals surface area contributed by atoms with Gasteiger partial charge < -0.3 is 15.4 Å². The van der Waals surface area contributed by atoms with Crippen LogP contribution in [0.15, 0.2) is 18.7 Å². The van der Waals surface area contributed by atoms with Gasteiger partial charge in [0, 0.05) is 19.7 Å². The van der Waals surface area contributed by atoms with Crippen molar-refractivity contribution in [2.75, 3.05) is 31.3 Å². The standard InChI is InChI=1S/C23H30ClFN4O2/c1-6-9-10-14(7-2)13-31-23(30)19-15(8-3)21(26)28-22(27-19)16-11-12-17(24)20(18(16)25)29(4)5/h8,11-12,14H,3,6-7,9-10,13H2,1-2,4-5H3,(H2,26,27,28). The van der Waals surface area contributed by atoms with Gasteiger partial charge in [-0.25, -0.2) is 19.2 Å². The maximum Gasteiger partial charge on any atom is 0.357 e. The molecule has 8 heteroatoms. The van der Waals surface area contributed by atoms with Gasteiger partial charge >= 0.3 is 5.97 Å². The number of nitrogen functional groups attached to an aromatic ring is 1. The average molecular weight is 449 g/mol. The second kappa shape index (κ2) is 11.1. The molecule has 0 fully saturated rings. The molecule has 0 amide bonds. The minimum absolute atomic E-state index is 0.0192. The fourth-order valence-corrected chi connectivity index (χ4v) is 3.56. The highest BCUT2D eigenvalue weighted by Crippen LogP contribution is 2.34. The summed E-state index contributed by atoms with van der Waals surface area (Å²) in [6, 6.07) is 3.01. The van der Waals surface area contributed by atoms with Crippen LogP contribution in [0.4, 0.5) is 15.9 Å². The lowest BCUT2D eigenvalue weighted by atomic mass is 10.0. The number of carbonyl (C=O) groups is 1. The Labute approximate surface area is 188 Å². The maximum absolute atomic E-state index is 15.2. The van der Waals surface area contributed by atoms with Gasteiger partial charge in [0.2, 0.25) is 0 Å². The Bertz CT molecular complexity index is 950. The number of hydrogen-bond donors (Lipinski definition) is 1. The van der Waals surface area contributed by atoms with E-state index in [1.54, 1.807) is 25.1 Å². The fraction of sp³-hybridized carbons (Fsp3) is 0.435. The van der Waals surface area contributed by atoms with Gasteiger partial charge in [-0.15, -0.1) is 0 Å². The van der Waals surface area contributed by atoms with Crippen LogP contribution in [0.3, 0.4) is 0 Å². The molecule has 1 unspecified atom stereocenters. The van der Waals surface area contributed by atoms with Crippen molar-refractivity contribution in [2.24, 2.45) is 5.92 Å². The maximum atomic E-state index is 15.2. The fourth-order valence-electron chi connectivity index (χ4n) is 3.25. The van der Waals surface area contributed by atoms with Crippen LogP contribution in [-0.2, 0) is 4.74 Å². The number of nitrogens with zero attached hydrogens (tertiary/aromatic N) is 3. The zero-order valence-electron chi connectivity index (χ0n) is 18.5. The molecule has 31 heavy (non-hydrogen) atoms. The first-order valence-electron chi connectivity index (χ1n) is 10.4. The summed E-state index contributed by atoms with van der Waals surface area (Å²) in [5, 5.41) is 0.249. The van der Waals surface area contributed by atoms with Crippen molar-refractivity contribution in [3.05, 3.63) is 40.8 Å². The zero-order valence-corrected chi connectivity index (χ0v) is 19.3. The molecule has 6 nitrogen and oxygen atoms in total. The van der Waals surface area contributed by atoms with E-state index in [4.69, 9.17) is 22.1 Å². The molecule has 1 aromatic heterocycles. The largest absolute Gasteiger partial charge is 0.461 e. The smallest absolute Gasteiger partial charge is 0.357 e. The minimum atomic E-state index is -0.637. The number of hydrogen-bond acceptors (Lipinski definition) is 6. The molecule has 2 N–H and O–H groups in total. The summed E-state index contributed by atoms with van der Waals surface area (Å²) in [5.41, 5.74) is 6.54. The molecule has 2 aromatic rings. The third kappa shape index (κ3) is 5.73. The van der Waals surface area contributed by atoms with Gasteiger partial charge in [0.05, 0.1) is 22.9 Å². The highest BCUT2D eigenvalue weighted by Gasteiger charge is 2.23. The molecule has 1 atom stereocenters. The van der Waals surface area contributed by atoms with Gasteiger partial charge in [-0.3, -0.25) is 0 Å². The molecule has 0 saturated heterocycles. The van der Waals surface area contributed by atoms with Crippen LogP contribution in [-0.4, -0.2) is 36.6 Å². The van der Waals surface area contributed by atoms with Crippen molar-refractivity contribution in [1.29, 1.82) is 0 Å². The second-order valence-corrected chi connectivity index (χ2v) is 7.97. The van der Waals surface area contributed by atoms with E-state index >= 15 is 4.39 Å². The summed E-state index contributed by atoms with van der Waals surface area (Å²) in [5.74, 6) is -0.974. The first kappa shape index (κ1) is 24.6. The lowest BCUT2D eigenvalue weighted by molar-refractivity contribution is 0.0421. The van der Waals surface area contributed by atoms with Crippen molar-refractivity contribution < 1.29 is 13.9 Å². The number of anilines is 2. The van der Waals surface area contributed by atoms with Gasteiger partial charge in [0.1, 0.15) is 5.82 Å². The molecule has 0 aliphatic heterocycles. The number of rotatable bonds is 10. The molecule has 0 saturated carbocycles. The lowest BCUT2D eigenvalue weighted by Gasteiger charge is -2.18. The zero-order chi connectivity index (χ0) is 23.1. The Balaban J connectivity index is 2.44. The summed E-state index contributed by atoms with van der Waals surface area (Å²) in [6.45, 7) is 8.16. The summed E-state index contributed by atoms with van der Waals surface area (Å²) in [7, 11) is 3.35. The van der Waals surface area contributed by atoms with Crippen molar-refractivity contribution in [1.82, 2.24) is 9.97 Å². The van der Waals surface area contributed by atoms with E-state index in [1.807, 2.05) is 0 Å². The van der Waals surface area contributed by atoms with Gasteiger partial charge in [0.15, 0.2) is 17.3 Å². The molecular weight excluding hydrogens is 419 g/mol. The first-order valence-corrected chi connectivity index (χ1v) is 10.8. The van der Waals surface area contributed by atoms with Crippen molar-refractivity contribution in [3.63, 3.8) is 0 Å². The van der Waals surface area contributed by atoms with Crippen LogP contribution in [0.25, 0.3) is 17.5 Å². The normalized spacial score (nSPS) is 11.8. The summed E-state index contributed by atoms with van der Waals surface area (Å²) < 4.78 is 20.7. The molecule has 1 heterocycles. The molecule has 2 rings (SSSR count). The number of halogens is 2. The highest BCUT2D eigenvalue weighted by atomic mass is 35.5. The van der Waals surface area contributed by atoms with Gasteiger partial charge in [0.25, 0.3) is 0 Å². The molecule has 0 aliphatic carbocycles. The van der Waals surface area contributed by atoms with E-state index in [0.29, 0.717) is 0 Å². The number of ether oxygens (including phenoxy) is 1. The molecule has 168 valence electrons. The monoisotopic (exact) mass is 448 g/mol. The van der Waals surface area contributed by atoms with Crippen molar-refractivity contribution >= 4 is 35.2 Å². The molecule has 0 bridgehead atoms. The first-order chi connectivity index (χ1) is 14.7. The van der Waals surface area contributed by atoms with Crippen LogP contribution in [0.5, 0.6) is 0 Å². The Hall–Kier alpha value is -2.67. The summed E-state index contributed by atoms with van der Waals surface area (Å²) >= 11 is 6.13. The molecule has 0 aliphatic rings. The van der Waals surface area contributed by atoms with E-state index in [0.717, 1.165) is 25.7 Å². The second-order valence-electron chi connectivity index (χ2n) is 7.57. The number of carbonyl (C=O) groups excluding carboxylic acids is 1.